The standard InChI is InChI=1S/C15H22N2O3/c16-12-5-7-14(8-6-12)20-11-15(18)17-9-10-19-13-3-1-2-4-13/h5-8,13H,1-4,9-11,16H2,(H,17,18). The van der Waals surface area contributed by atoms with Crippen LogP contribution < -0.4 is 15.8 Å². The predicted octanol–water partition coefficient (Wildman–Crippen LogP) is 1.72. The van der Waals surface area contributed by atoms with Crippen molar-refractivity contribution in [2.45, 2.75) is 31.8 Å². The smallest absolute Gasteiger partial charge is 0.258 e. The first kappa shape index (κ1) is 14.7. The molecule has 3 N–H and O–H groups in total. The number of nitrogens with two attached hydrogens (primary N) is 1. The maximum atomic E-state index is 11.6. The van der Waals surface area contributed by atoms with E-state index < -0.39 is 0 Å². The van der Waals surface area contributed by atoms with Crippen molar-refractivity contribution in [3.63, 3.8) is 0 Å². The highest BCUT2D eigenvalue weighted by atomic mass is 16.5. The quantitative estimate of drug-likeness (QED) is 0.588. The van der Waals surface area contributed by atoms with Crippen LogP contribution in [0.15, 0.2) is 24.3 Å². The highest BCUT2D eigenvalue weighted by Gasteiger charge is 2.14. The fraction of sp³-hybridized carbons (Fsp3) is 0.533. The molecular weight excluding hydrogens is 256 g/mol. The van der Waals surface area contributed by atoms with Crippen molar-refractivity contribution in [2.24, 2.45) is 0 Å². The van der Waals surface area contributed by atoms with Crippen molar-refractivity contribution in [1.82, 2.24) is 5.32 Å². The zero-order valence-corrected chi connectivity index (χ0v) is 11.6. The molecule has 1 saturated carbocycles. The van der Waals surface area contributed by atoms with Crippen molar-refractivity contribution < 1.29 is 14.3 Å². The molecule has 1 aliphatic carbocycles. The van der Waals surface area contributed by atoms with Gasteiger partial charge in [-0.3, -0.25) is 4.79 Å². The zero-order chi connectivity index (χ0) is 14.2. The summed E-state index contributed by atoms with van der Waals surface area (Å²) in [5, 5.41) is 2.77. The number of anilines is 1. The highest BCUT2D eigenvalue weighted by Crippen LogP contribution is 2.20. The molecule has 1 aromatic rings. The van der Waals surface area contributed by atoms with Crippen LogP contribution in [-0.4, -0.2) is 31.8 Å². The van der Waals surface area contributed by atoms with Crippen molar-refractivity contribution >= 4 is 11.6 Å². The number of hydrogen-bond acceptors (Lipinski definition) is 4. The van der Waals surface area contributed by atoms with Gasteiger partial charge in [-0.1, -0.05) is 12.8 Å². The monoisotopic (exact) mass is 278 g/mol. The number of carbonyl (C=O) groups excluding carboxylic acids is 1. The Kier molecular flexibility index (Phi) is 5.68. The largest absolute Gasteiger partial charge is 0.484 e. The van der Waals surface area contributed by atoms with Gasteiger partial charge in [0.25, 0.3) is 5.91 Å². The summed E-state index contributed by atoms with van der Waals surface area (Å²) in [5.74, 6) is 0.494. The molecule has 5 heteroatoms. The summed E-state index contributed by atoms with van der Waals surface area (Å²) in [5.41, 5.74) is 6.24. The number of amides is 1. The van der Waals surface area contributed by atoms with E-state index in [0.29, 0.717) is 30.7 Å². The van der Waals surface area contributed by atoms with E-state index in [4.69, 9.17) is 15.2 Å². The Labute approximate surface area is 119 Å². The average molecular weight is 278 g/mol. The number of hydrogen-bond donors (Lipinski definition) is 2. The van der Waals surface area contributed by atoms with E-state index in [0.717, 1.165) is 12.8 Å². The van der Waals surface area contributed by atoms with Gasteiger partial charge < -0.3 is 20.5 Å². The van der Waals surface area contributed by atoms with Gasteiger partial charge in [0.2, 0.25) is 0 Å². The third-order valence-electron chi connectivity index (χ3n) is 3.33. The number of carbonyl (C=O) groups is 1. The average Bonchev–Trinajstić information content (AvgIpc) is 2.96. The summed E-state index contributed by atoms with van der Waals surface area (Å²) in [4.78, 5) is 11.6. The SMILES string of the molecule is Nc1ccc(OCC(=O)NCCOC2CCCC2)cc1. The van der Waals surface area contributed by atoms with Gasteiger partial charge in [0.05, 0.1) is 12.7 Å². The molecule has 0 spiro atoms. The second kappa shape index (κ2) is 7.75. The van der Waals surface area contributed by atoms with Gasteiger partial charge in [0, 0.05) is 12.2 Å². The number of nitrogens with one attached hydrogen (secondary N) is 1. The minimum atomic E-state index is -0.142. The third kappa shape index (κ3) is 5.09. The summed E-state index contributed by atoms with van der Waals surface area (Å²) in [6.07, 6.45) is 5.19. The van der Waals surface area contributed by atoms with Crippen LogP contribution in [0.1, 0.15) is 25.7 Å². The summed E-state index contributed by atoms with van der Waals surface area (Å²) in [6, 6.07) is 6.96. The third-order valence-corrected chi connectivity index (χ3v) is 3.33. The molecule has 0 unspecified atom stereocenters. The fourth-order valence-corrected chi connectivity index (χ4v) is 2.24. The first-order valence-corrected chi connectivity index (χ1v) is 7.10. The normalized spacial score (nSPS) is 15.2. The Bertz CT molecular complexity index is 414. The van der Waals surface area contributed by atoms with Gasteiger partial charge >= 0.3 is 0 Å². The van der Waals surface area contributed by atoms with Gasteiger partial charge in [-0.15, -0.1) is 0 Å². The van der Waals surface area contributed by atoms with E-state index in [1.165, 1.54) is 12.8 Å². The zero-order valence-electron chi connectivity index (χ0n) is 11.6. The first-order valence-electron chi connectivity index (χ1n) is 7.10. The molecule has 0 saturated heterocycles. The number of rotatable bonds is 7. The van der Waals surface area contributed by atoms with Crippen LogP contribution in [-0.2, 0) is 9.53 Å². The van der Waals surface area contributed by atoms with E-state index in [1.807, 2.05) is 0 Å². The van der Waals surface area contributed by atoms with E-state index in [1.54, 1.807) is 24.3 Å². The molecule has 1 aromatic carbocycles. The van der Waals surface area contributed by atoms with Gasteiger partial charge in [-0.25, -0.2) is 0 Å². The van der Waals surface area contributed by atoms with Gasteiger partial charge in [-0.05, 0) is 37.1 Å². The molecule has 0 radical (unpaired) electrons. The Balaban J connectivity index is 1.54. The summed E-state index contributed by atoms with van der Waals surface area (Å²) >= 11 is 0. The van der Waals surface area contributed by atoms with Gasteiger partial charge in [0.15, 0.2) is 6.61 Å². The van der Waals surface area contributed by atoms with Crippen LogP contribution in [0.3, 0.4) is 0 Å². The molecule has 1 fully saturated rings. The molecule has 1 aliphatic rings. The second-order valence-corrected chi connectivity index (χ2v) is 4.98. The molecule has 5 nitrogen and oxygen atoms in total. The Morgan fingerprint density at radius 2 is 1.95 bits per heavy atom. The summed E-state index contributed by atoms with van der Waals surface area (Å²) < 4.78 is 11.0. The Morgan fingerprint density at radius 3 is 2.65 bits per heavy atom. The molecule has 0 heterocycles. The predicted molar refractivity (Wildman–Crippen MR) is 77.6 cm³/mol. The van der Waals surface area contributed by atoms with Gasteiger partial charge in [-0.2, -0.15) is 0 Å². The minimum absolute atomic E-state index is 0.00729. The van der Waals surface area contributed by atoms with Crippen LogP contribution in [0.5, 0.6) is 5.75 Å². The molecule has 0 aromatic heterocycles. The number of ether oxygens (including phenoxy) is 2. The summed E-state index contributed by atoms with van der Waals surface area (Å²) in [7, 11) is 0. The number of nitrogen functional groups attached to an aromatic ring is 1. The fourth-order valence-electron chi connectivity index (χ4n) is 2.24. The van der Waals surface area contributed by atoms with E-state index >= 15 is 0 Å². The highest BCUT2D eigenvalue weighted by molar-refractivity contribution is 5.77. The lowest BCUT2D eigenvalue weighted by Gasteiger charge is -2.11. The maximum Gasteiger partial charge on any atom is 0.258 e. The van der Waals surface area contributed by atoms with Crippen LogP contribution in [0.4, 0.5) is 5.69 Å². The van der Waals surface area contributed by atoms with E-state index in [-0.39, 0.29) is 12.5 Å². The van der Waals surface area contributed by atoms with E-state index in [9.17, 15) is 4.79 Å². The van der Waals surface area contributed by atoms with Crippen molar-refractivity contribution in [1.29, 1.82) is 0 Å². The van der Waals surface area contributed by atoms with Crippen molar-refractivity contribution in [2.75, 3.05) is 25.5 Å². The maximum absolute atomic E-state index is 11.6. The van der Waals surface area contributed by atoms with E-state index in [2.05, 4.69) is 5.32 Å². The molecule has 2 rings (SSSR count). The lowest BCUT2D eigenvalue weighted by molar-refractivity contribution is -0.123. The Hall–Kier alpha value is -1.75. The van der Waals surface area contributed by atoms with Gasteiger partial charge in [0.1, 0.15) is 5.75 Å². The topological polar surface area (TPSA) is 73.6 Å². The molecule has 1 amide bonds. The molecule has 110 valence electrons. The van der Waals surface area contributed by atoms with Crippen LogP contribution >= 0.6 is 0 Å². The van der Waals surface area contributed by atoms with Crippen molar-refractivity contribution in [3.8, 4) is 5.75 Å². The summed E-state index contributed by atoms with van der Waals surface area (Å²) in [6.45, 7) is 1.10. The lowest BCUT2D eigenvalue weighted by atomic mass is 10.3. The second-order valence-electron chi connectivity index (χ2n) is 4.98. The van der Waals surface area contributed by atoms with Crippen LogP contribution in [0, 0.1) is 0 Å². The van der Waals surface area contributed by atoms with Crippen molar-refractivity contribution in [3.05, 3.63) is 24.3 Å². The molecule has 20 heavy (non-hydrogen) atoms. The lowest BCUT2D eigenvalue weighted by Crippen LogP contribution is -2.32. The molecule has 0 atom stereocenters. The Morgan fingerprint density at radius 1 is 1.25 bits per heavy atom. The minimum Gasteiger partial charge on any atom is -0.484 e. The first-order chi connectivity index (χ1) is 9.74. The van der Waals surface area contributed by atoms with Crippen LogP contribution in [0.25, 0.3) is 0 Å². The molecule has 0 bridgehead atoms. The molecular formula is C15H22N2O3. The van der Waals surface area contributed by atoms with Crippen LogP contribution in [0.2, 0.25) is 0 Å². The molecule has 0 aliphatic heterocycles. The number of benzene rings is 1.